The molecule has 0 aliphatic carbocycles. The summed E-state index contributed by atoms with van der Waals surface area (Å²) in [5.74, 6) is 0. The summed E-state index contributed by atoms with van der Waals surface area (Å²) in [4.78, 5) is 0. The minimum atomic E-state index is 0. The molecule has 60 valence electrons. The van der Waals surface area contributed by atoms with Crippen LogP contribution in [0.4, 0.5) is 0 Å². The van der Waals surface area contributed by atoms with Gasteiger partial charge in [-0.15, -0.1) is 0 Å². The SMILES string of the molecule is O.O.O.O.O.O.[B].[B].[Mg].[Mg].[Mg]. The molecule has 0 aromatic rings. The van der Waals surface area contributed by atoms with E-state index < -0.39 is 0 Å². The first-order chi connectivity index (χ1) is 0. The van der Waals surface area contributed by atoms with Gasteiger partial charge >= 0.3 is 0 Å². The van der Waals surface area contributed by atoms with Crippen molar-refractivity contribution in [3.63, 3.8) is 0 Å². The van der Waals surface area contributed by atoms with E-state index in [1.807, 2.05) is 0 Å². The van der Waals surface area contributed by atoms with Crippen LogP contribution in [0.15, 0.2) is 0 Å². The molecule has 0 amide bonds. The zero-order chi connectivity index (χ0) is 0. The lowest BCUT2D eigenvalue weighted by molar-refractivity contribution is 0.823. The van der Waals surface area contributed by atoms with Gasteiger partial charge in [-0.05, 0) is 0 Å². The van der Waals surface area contributed by atoms with Crippen LogP contribution in [0.3, 0.4) is 0 Å². The van der Waals surface area contributed by atoms with Crippen LogP contribution in [-0.4, -0.2) is 119 Å². The second-order valence-electron chi connectivity index (χ2n) is 0. The summed E-state index contributed by atoms with van der Waals surface area (Å²) in [7, 11) is 0. The van der Waals surface area contributed by atoms with Crippen molar-refractivity contribution in [2.24, 2.45) is 0 Å². The minimum absolute atomic E-state index is 0. The van der Waals surface area contributed by atoms with Gasteiger partial charge < -0.3 is 32.9 Å². The summed E-state index contributed by atoms with van der Waals surface area (Å²) in [6.45, 7) is 0. The van der Waals surface area contributed by atoms with Crippen molar-refractivity contribution in [2.75, 3.05) is 0 Å². The monoisotopic (exact) mass is 202 g/mol. The highest BCUT2D eigenvalue weighted by Gasteiger charge is 0.00407. The molecule has 12 radical (unpaired) electrons. The van der Waals surface area contributed by atoms with E-state index in [1.54, 1.807) is 0 Å². The molecular formula is H12B2Mg3O6. The van der Waals surface area contributed by atoms with Gasteiger partial charge in [0, 0.05) is 86.0 Å². The molecule has 11 heteroatoms. The Labute approximate surface area is 118 Å². The van der Waals surface area contributed by atoms with E-state index in [9.17, 15) is 0 Å². The van der Waals surface area contributed by atoms with Gasteiger partial charge in [0.05, 0.1) is 0 Å². The van der Waals surface area contributed by atoms with Gasteiger partial charge in [-0.2, -0.15) is 0 Å². The lowest BCUT2D eigenvalue weighted by Gasteiger charge is -0.413. The normalized spacial score (nSPS) is 0. The Morgan fingerprint density at radius 3 is 0.273 bits per heavy atom. The van der Waals surface area contributed by atoms with Crippen LogP contribution in [0, 0.1) is 0 Å². The molecule has 0 rings (SSSR count). The zero-order valence-corrected chi connectivity index (χ0v) is 10.5. The lowest BCUT2D eigenvalue weighted by atomic mass is 10.8. The summed E-state index contributed by atoms with van der Waals surface area (Å²) in [5.41, 5.74) is 0. The molecule has 0 unspecified atom stereocenters. The van der Waals surface area contributed by atoms with E-state index in [-0.39, 0.29) is 119 Å². The highest BCUT2D eigenvalue weighted by molar-refractivity contribution is 5.76. The van der Waals surface area contributed by atoms with E-state index in [2.05, 4.69) is 0 Å². The van der Waals surface area contributed by atoms with Crippen LogP contribution in [0.2, 0.25) is 0 Å². The number of hydrogen-bond donors (Lipinski definition) is 0. The quantitative estimate of drug-likeness (QED) is 0.338. The van der Waals surface area contributed by atoms with E-state index in [4.69, 9.17) is 0 Å². The third-order valence-electron chi connectivity index (χ3n) is 0. The fourth-order valence-electron chi connectivity index (χ4n) is 0. The predicted molar refractivity (Wildman–Crippen MR) is 50.5 cm³/mol. The van der Waals surface area contributed by atoms with Gasteiger partial charge in [-0.1, -0.05) is 0 Å². The Kier molecular flexibility index (Phi) is 11800. The van der Waals surface area contributed by atoms with E-state index in [1.165, 1.54) is 0 Å². The fourth-order valence-corrected chi connectivity index (χ4v) is 0. The Morgan fingerprint density at radius 2 is 0.273 bits per heavy atom. The molecule has 11 heavy (non-hydrogen) atoms. The number of rotatable bonds is 0. The van der Waals surface area contributed by atoms with Crippen LogP contribution < -0.4 is 0 Å². The molecule has 6 nitrogen and oxygen atoms in total. The number of hydrogen-bond acceptors (Lipinski definition) is 0. The van der Waals surface area contributed by atoms with Gasteiger partial charge in [-0.3, -0.25) is 0 Å². The molecule has 12 N–H and O–H groups in total. The molecule has 0 spiro atoms. The van der Waals surface area contributed by atoms with Crippen LogP contribution in [-0.2, 0) is 0 Å². The highest BCUT2D eigenvalue weighted by Crippen LogP contribution is -0.284. The van der Waals surface area contributed by atoms with Crippen molar-refractivity contribution in [1.82, 2.24) is 0 Å². The van der Waals surface area contributed by atoms with Gasteiger partial charge in [0.2, 0.25) is 0 Å². The Morgan fingerprint density at radius 1 is 0.273 bits per heavy atom. The largest absolute Gasteiger partial charge is 0.412 e. The molecule has 0 saturated carbocycles. The van der Waals surface area contributed by atoms with Gasteiger partial charge in [-0.25, -0.2) is 0 Å². The first-order valence-electron chi connectivity index (χ1n) is 0. The maximum atomic E-state index is 0. The molecule has 0 aliphatic rings. The first kappa shape index (κ1) is 409. The van der Waals surface area contributed by atoms with Crippen molar-refractivity contribution in [2.45, 2.75) is 0 Å². The summed E-state index contributed by atoms with van der Waals surface area (Å²) < 4.78 is 0. The van der Waals surface area contributed by atoms with Crippen molar-refractivity contribution >= 4 is 86.0 Å². The van der Waals surface area contributed by atoms with Crippen LogP contribution in [0.5, 0.6) is 0 Å². The van der Waals surface area contributed by atoms with Crippen molar-refractivity contribution in [3.05, 3.63) is 0 Å². The van der Waals surface area contributed by atoms with E-state index in [0.29, 0.717) is 0 Å². The summed E-state index contributed by atoms with van der Waals surface area (Å²) in [6.07, 6.45) is 0. The first-order valence-corrected chi connectivity index (χ1v) is 0. The fraction of sp³-hybridized carbons (Fsp3) is 0. The van der Waals surface area contributed by atoms with Crippen LogP contribution in [0.25, 0.3) is 0 Å². The Balaban J connectivity index is 0. The molecule has 0 aromatic carbocycles. The molecule has 0 aromatic heterocycles. The predicted octanol–water partition coefficient (Wildman–Crippen LogP) is -6.85. The van der Waals surface area contributed by atoms with E-state index in [0.717, 1.165) is 0 Å². The zero-order valence-electron chi connectivity index (χ0n) is 6.28. The van der Waals surface area contributed by atoms with Crippen molar-refractivity contribution < 1.29 is 32.9 Å². The topological polar surface area (TPSA) is 189 Å². The molecule has 0 heterocycles. The molecule has 0 saturated heterocycles. The highest BCUT2D eigenvalue weighted by atomic mass is 24.3. The van der Waals surface area contributed by atoms with Gasteiger partial charge in [0.1, 0.15) is 0 Å². The van der Waals surface area contributed by atoms with Crippen molar-refractivity contribution in [1.29, 1.82) is 0 Å². The maximum absolute atomic E-state index is 0. The van der Waals surface area contributed by atoms with Crippen LogP contribution >= 0.6 is 0 Å². The van der Waals surface area contributed by atoms with Gasteiger partial charge in [0.15, 0.2) is 0 Å². The van der Waals surface area contributed by atoms with E-state index >= 15 is 0 Å². The van der Waals surface area contributed by atoms with Crippen molar-refractivity contribution in [3.8, 4) is 0 Å². The van der Waals surface area contributed by atoms with Crippen LogP contribution in [0.1, 0.15) is 0 Å². The molecular weight excluding hydrogens is 191 g/mol. The molecule has 0 bridgehead atoms. The minimum Gasteiger partial charge on any atom is -0.412 e. The smallest absolute Gasteiger partial charge is 0 e. The molecule has 0 fully saturated rings. The molecule has 0 atom stereocenters. The summed E-state index contributed by atoms with van der Waals surface area (Å²) >= 11 is 0. The second-order valence-corrected chi connectivity index (χ2v) is 0. The Hall–Kier alpha value is 2.19. The average Bonchev–Trinajstić information content (AvgIpc) is 0. The lowest BCUT2D eigenvalue weighted by Crippen LogP contribution is -0.382. The molecule has 0 aliphatic heterocycles. The maximum Gasteiger partial charge on any atom is 0 e. The standard InChI is InChI=1S/2B.3Mg.6H2O/h;;;;;6*1H2. The third-order valence-corrected chi connectivity index (χ3v) is 0. The van der Waals surface area contributed by atoms with Gasteiger partial charge in [0.25, 0.3) is 0 Å². The summed E-state index contributed by atoms with van der Waals surface area (Å²) in [6, 6.07) is 0. The third kappa shape index (κ3) is 264. The second kappa shape index (κ2) is 319. The summed E-state index contributed by atoms with van der Waals surface area (Å²) in [5, 5.41) is 0. The Bertz CT molecular complexity index is 15.8. The average molecular weight is 203 g/mol.